The minimum absolute atomic E-state index is 0.175. The standard InChI is InChI=1S/C11H19N3O6S/c1-21(19,20)8(11(17)18)5-9(15)13-6-14-10(16)7-3-2-4-12-7/h7-8,12H,2-6H2,1H3,(H,13,15)(H,14,16)(H,17,18)/t7-,8?/m0/s1. The van der Waals surface area contributed by atoms with Gasteiger partial charge in [0.1, 0.15) is 0 Å². The maximum absolute atomic E-state index is 11.6. The van der Waals surface area contributed by atoms with Crippen molar-refractivity contribution in [1.29, 1.82) is 0 Å². The van der Waals surface area contributed by atoms with Gasteiger partial charge in [0.2, 0.25) is 11.8 Å². The number of carboxylic acids is 1. The molecule has 21 heavy (non-hydrogen) atoms. The predicted octanol–water partition coefficient (Wildman–Crippen LogP) is -2.18. The molecule has 1 unspecified atom stereocenters. The zero-order chi connectivity index (χ0) is 16.0. The molecule has 2 atom stereocenters. The molecular weight excluding hydrogens is 302 g/mol. The fraction of sp³-hybridized carbons (Fsp3) is 0.727. The quantitative estimate of drug-likeness (QED) is 0.390. The number of carbonyl (C=O) groups excluding carboxylic acids is 2. The fourth-order valence-corrected chi connectivity index (χ4v) is 2.74. The molecule has 0 aromatic carbocycles. The van der Waals surface area contributed by atoms with Crippen molar-refractivity contribution in [1.82, 2.24) is 16.0 Å². The van der Waals surface area contributed by atoms with Crippen molar-refractivity contribution in [3.8, 4) is 0 Å². The number of sulfone groups is 1. The van der Waals surface area contributed by atoms with Gasteiger partial charge < -0.3 is 21.1 Å². The number of nitrogens with one attached hydrogen (secondary N) is 3. The highest BCUT2D eigenvalue weighted by atomic mass is 32.2. The van der Waals surface area contributed by atoms with Gasteiger partial charge in [0.15, 0.2) is 15.1 Å². The first-order valence-corrected chi connectivity index (χ1v) is 8.36. The Bertz CT molecular complexity index is 512. The second-order valence-electron chi connectivity index (χ2n) is 4.83. The maximum Gasteiger partial charge on any atom is 0.322 e. The molecule has 0 aromatic rings. The van der Waals surface area contributed by atoms with E-state index in [0.29, 0.717) is 0 Å². The molecule has 0 radical (unpaired) electrons. The van der Waals surface area contributed by atoms with Crippen molar-refractivity contribution in [2.24, 2.45) is 0 Å². The Morgan fingerprint density at radius 1 is 1.33 bits per heavy atom. The van der Waals surface area contributed by atoms with E-state index in [0.717, 1.165) is 25.6 Å². The Balaban J connectivity index is 2.36. The monoisotopic (exact) mass is 321 g/mol. The summed E-state index contributed by atoms with van der Waals surface area (Å²) in [6.45, 7) is 0.588. The third kappa shape index (κ3) is 5.68. The molecule has 0 bridgehead atoms. The Kier molecular flexibility index (Phi) is 6.09. The minimum atomic E-state index is -3.87. The lowest BCUT2D eigenvalue weighted by Gasteiger charge is -2.13. The first-order valence-electron chi connectivity index (χ1n) is 6.41. The van der Waals surface area contributed by atoms with Crippen LogP contribution in [-0.4, -0.2) is 62.1 Å². The molecule has 1 heterocycles. The Hall–Kier alpha value is -1.68. The van der Waals surface area contributed by atoms with Crippen molar-refractivity contribution in [2.75, 3.05) is 19.5 Å². The van der Waals surface area contributed by atoms with Crippen molar-refractivity contribution >= 4 is 27.6 Å². The Morgan fingerprint density at radius 2 is 2.00 bits per heavy atom. The summed E-state index contributed by atoms with van der Waals surface area (Å²) in [5, 5.41) is 14.7. The van der Waals surface area contributed by atoms with E-state index in [4.69, 9.17) is 5.11 Å². The average molecular weight is 321 g/mol. The lowest BCUT2D eigenvalue weighted by molar-refractivity contribution is -0.138. The molecule has 0 aliphatic carbocycles. The molecule has 2 amide bonds. The Labute approximate surface area is 122 Å². The van der Waals surface area contributed by atoms with Crippen LogP contribution in [0.2, 0.25) is 0 Å². The van der Waals surface area contributed by atoms with Crippen molar-refractivity contribution < 1.29 is 27.9 Å². The van der Waals surface area contributed by atoms with Crippen LogP contribution in [0.25, 0.3) is 0 Å². The number of carboxylic acid groups (broad SMARTS) is 1. The molecular formula is C11H19N3O6S. The van der Waals surface area contributed by atoms with Crippen LogP contribution in [0.15, 0.2) is 0 Å². The van der Waals surface area contributed by atoms with Crippen LogP contribution in [0.1, 0.15) is 19.3 Å². The summed E-state index contributed by atoms with van der Waals surface area (Å²) >= 11 is 0. The molecule has 4 N–H and O–H groups in total. The van der Waals surface area contributed by atoms with Gasteiger partial charge in [0.25, 0.3) is 0 Å². The van der Waals surface area contributed by atoms with Crippen LogP contribution < -0.4 is 16.0 Å². The molecule has 1 rings (SSSR count). The van der Waals surface area contributed by atoms with E-state index in [-0.39, 0.29) is 18.6 Å². The Morgan fingerprint density at radius 3 is 2.48 bits per heavy atom. The molecule has 120 valence electrons. The average Bonchev–Trinajstić information content (AvgIpc) is 2.87. The van der Waals surface area contributed by atoms with Gasteiger partial charge in [-0.15, -0.1) is 0 Å². The van der Waals surface area contributed by atoms with Crippen molar-refractivity contribution in [2.45, 2.75) is 30.6 Å². The predicted molar refractivity (Wildman–Crippen MR) is 73.1 cm³/mol. The fourth-order valence-electron chi connectivity index (χ4n) is 1.92. The number of aliphatic carboxylic acids is 1. The van der Waals surface area contributed by atoms with E-state index in [1.807, 2.05) is 0 Å². The topological polar surface area (TPSA) is 142 Å². The molecule has 1 fully saturated rings. The highest BCUT2D eigenvalue weighted by Crippen LogP contribution is 2.05. The van der Waals surface area contributed by atoms with Crippen LogP contribution in [0.5, 0.6) is 0 Å². The van der Waals surface area contributed by atoms with Crippen LogP contribution in [0.3, 0.4) is 0 Å². The van der Waals surface area contributed by atoms with Gasteiger partial charge in [0, 0.05) is 6.26 Å². The lowest BCUT2D eigenvalue weighted by atomic mass is 10.2. The molecule has 0 saturated carbocycles. The molecule has 1 aliphatic heterocycles. The first-order chi connectivity index (χ1) is 9.71. The molecule has 0 spiro atoms. The number of rotatable bonds is 7. The maximum atomic E-state index is 11.6. The third-order valence-corrected chi connectivity index (χ3v) is 4.49. The van der Waals surface area contributed by atoms with Gasteiger partial charge >= 0.3 is 5.97 Å². The highest BCUT2D eigenvalue weighted by molar-refractivity contribution is 7.92. The van der Waals surface area contributed by atoms with E-state index < -0.39 is 33.4 Å². The van der Waals surface area contributed by atoms with Crippen LogP contribution in [0.4, 0.5) is 0 Å². The number of hydrogen-bond donors (Lipinski definition) is 4. The van der Waals surface area contributed by atoms with Crippen LogP contribution in [0, 0.1) is 0 Å². The van der Waals surface area contributed by atoms with Gasteiger partial charge in [-0.3, -0.25) is 14.4 Å². The normalized spacial score (nSPS) is 19.8. The van der Waals surface area contributed by atoms with Gasteiger partial charge in [-0.05, 0) is 19.4 Å². The summed E-state index contributed by atoms with van der Waals surface area (Å²) in [5.74, 6) is -2.59. The third-order valence-electron chi connectivity index (χ3n) is 3.09. The highest BCUT2D eigenvalue weighted by Gasteiger charge is 2.31. The van der Waals surface area contributed by atoms with E-state index in [2.05, 4.69) is 16.0 Å². The van der Waals surface area contributed by atoms with E-state index >= 15 is 0 Å². The van der Waals surface area contributed by atoms with E-state index in [1.165, 1.54) is 0 Å². The van der Waals surface area contributed by atoms with Crippen LogP contribution in [-0.2, 0) is 24.2 Å². The van der Waals surface area contributed by atoms with Gasteiger partial charge in [-0.1, -0.05) is 0 Å². The molecule has 0 aromatic heterocycles. The number of carbonyl (C=O) groups is 3. The molecule has 10 heteroatoms. The SMILES string of the molecule is CS(=O)(=O)C(CC(=O)NCNC(=O)[C@@H]1CCCN1)C(=O)O. The van der Waals surface area contributed by atoms with E-state index in [1.54, 1.807) is 0 Å². The first kappa shape index (κ1) is 17.4. The summed E-state index contributed by atoms with van der Waals surface area (Å²) in [6.07, 6.45) is 1.69. The molecule has 9 nitrogen and oxygen atoms in total. The second-order valence-corrected chi connectivity index (χ2v) is 7.06. The van der Waals surface area contributed by atoms with Crippen molar-refractivity contribution in [3.05, 3.63) is 0 Å². The zero-order valence-corrected chi connectivity index (χ0v) is 12.4. The summed E-state index contributed by atoms with van der Waals surface area (Å²) in [4.78, 5) is 33.9. The van der Waals surface area contributed by atoms with E-state index in [9.17, 15) is 22.8 Å². The van der Waals surface area contributed by atoms with Gasteiger partial charge in [0.05, 0.1) is 19.1 Å². The van der Waals surface area contributed by atoms with Crippen molar-refractivity contribution in [3.63, 3.8) is 0 Å². The molecule has 1 saturated heterocycles. The van der Waals surface area contributed by atoms with Crippen LogP contribution >= 0.6 is 0 Å². The number of hydrogen-bond acceptors (Lipinski definition) is 6. The smallest absolute Gasteiger partial charge is 0.322 e. The lowest BCUT2D eigenvalue weighted by Crippen LogP contribution is -2.46. The summed E-state index contributed by atoms with van der Waals surface area (Å²) in [5.41, 5.74) is 0. The van der Waals surface area contributed by atoms with Gasteiger partial charge in [-0.2, -0.15) is 0 Å². The zero-order valence-electron chi connectivity index (χ0n) is 11.6. The molecule has 1 aliphatic rings. The summed E-state index contributed by atoms with van der Waals surface area (Å²) in [6, 6.07) is -0.287. The largest absolute Gasteiger partial charge is 0.480 e. The minimum Gasteiger partial charge on any atom is -0.480 e. The van der Waals surface area contributed by atoms with Gasteiger partial charge in [-0.25, -0.2) is 8.42 Å². The second kappa shape index (κ2) is 7.36. The summed E-state index contributed by atoms with van der Waals surface area (Å²) < 4.78 is 22.5. The number of amides is 2. The summed E-state index contributed by atoms with van der Waals surface area (Å²) in [7, 11) is -3.87.